The third kappa shape index (κ3) is 4.06. The predicted molar refractivity (Wildman–Crippen MR) is 116 cm³/mol. The number of fused-ring (bicyclic) bond motifs is 1. The van der Waals surface area contributed by atoms with Gasteiger partial charge in [0.2, 0.25) is 11.7 Å². The molecule has 0 saturated carbocycles. The largest absolute Gasteiger partial charge is 0.334 e. The summed E-state index contributed by atoms with van der Waals surface area (Å²) in [5, 5.41) is 2.20. The predicted octanol–water partition coefficient (Wildman–Crippen LogP) is 4.23. The first-order chi connectivity index (χ1) is 12.7. The zero-order valence-corrected chi connectivity index (χ0v) is 17.9. The number of benzene rings is 2. The third-order valence-corrected chi connectivity index (χ3v) is 8.46. The molecule has 0 radical (unpaired) electrons. The Balaban J connectivity index is 1.97. The first-order valence-corrected chi connectivity index (χ1v) is 11.3. The minimum Gasteiger partial charge on any atom is -0.334 e. The van der Waals surface area contributed by atoms with E-state index in [1.54, 1.807) is 6.92 Å². The van der Waals surface area contributed by atoms with Gasteiger partial charge in [0.15, 0.2) is 5.25 Å². The number of carbonyl (C=O) groups excluding carboxylic acids is 2. The van der Waals surface area contributed by atoms with E-state index in [2.05, 4.69) is 45.9 Å². The van der Waals surface area contributed by atoms with Crippen molar-refractivity contribution in [1.29, 1.82) is 0 Å². The molecule has 1 aliphatic heterocycles. The van der Waals surface area contributed by atoms with Crippen LogP contribution in [0, 0.1) is 12.3 Å². The quantitative estimate of drug-likeness (QED) is 0.587. The van der Waals surface area contributed by atoms with Gasteiger partial charge in [-0.1, -0.05) is 57.2 Å². The van der Waals surface area contributed by atoms with E-state index in [0.717, 1.165) is 40.9 Å². The first kappa shape index (κ1) is 19.9. The fraction of sp³-hybridized carbons (Fsp3) is 0.478. The van der Waals surface area contributed by atoms with E-state index in [9.17, 15) is 9.59 Å². The highest BCUT2D eigenvalue weighted by molar-refractivity contribution is 7.98. The van der Waals surface area contributed by atoms with Crippen LogP contribution in [0.4, 0.5) is 0 Å². The summed E-state index contributed by atoms with van der Waals surface area (Å²) in [5.41, 5.74) is 1.94. The van der Waals surface area contributed by atoms with Gasteiger partial charge in [0, 0.05) is 28.8 Å². The van der Waals surface area contributed by atoms with E-state index in [1.165, 1.54) is 5.56 Å². The van der Waals surface area contributed by atoms with Crippen LogP contribution in [-0.2, 0) is 15.7 Å². The van der Waals surface area contributed by atoms with Crippen LogP contribution in [-0.4, -0.2) is 46.4 Å². The van der Waals surface area contributed by atoms with Crippen molar-refractivity contribution in [2.75, 3.05) is 24.6 Å². The molecule has 0 aromatic heterocycles. The van der Waals surface area contributed by atoms with Crippen LogP contribution in [0.1, 0.15) is 43.6 Å². The van der Waals surface area contributed by atoms with Crippen molar-refractivity contribution in [2.45, 2.75) is 39.9 Å². The summed E-state index contributed by atoms with van der Waals surface area (Å²) in [6.07, 6.45) is 0. The monoisotopic (exact) mass is 384 g/mol. The average molecular weight is 385 g/mol. The topological polar surface area (TPSA) is 37.4 Å². The highest BCUT2D eigenvalue weighted by atomic mass is 32.2. The lowest BCUT2D eigenvalue weighted by Gasteiger charge is -2.34. The fourth-order valence-corrected chi connectivity index (χ4v) is 7.08. The Morgan fingerprint density at radius 1 is 1.00 bits per heavy atom. The van der Waals surface area contributed by atoms with Crippen LogP contribution in [0.15, 0.2) is 36.4 Å². The Hall–Kier alpha value is -1.81. The van der Waals surface area contributed by atoms with Crippen molar-refractivity contribution in [2.24, 2.45) is 5.41 Å². The Morgan fingerprint density at radius 3 is 2.15 bits per heavy atom. The molecule has 1 fully saturated rings. The Morgan fingerprint density at radius 2 is 1.59 bits per heavy atom. The molecule has 1 atom stereocenters. The number of nitrogens with zero attached hydrogens (tertiary/aromatic N) is 1. The Bertz CT molecular complexity index is 860. The van der Waals surface area contributed by atoms with Gasteiger partial charge >= 0.3 is 0 Å². The number of aryl methyl sites for hydroxylation is 1. The van der Waals surface area contributed by atoms with Crippen molar-refractivity contribution in [3.05, 3.63) is 47.5 Å². The van der Waals surface area contributed by atoms with Gasteiger partial charge in [-0.15, -0.1) is 0 Å². The molecule has 144 valence electrons. The molecule has 2 aromatic carbocycles. The lowest BCUT2D eigenvalue weighted by atomic mass is 9.85. The molecule has 0 spiro atoms. The summed E-state index contributed by atoms with van der Waals surface area (Å²) in [6, 6.07) is 12.3. The molecular formula is C23H30NO2S+. The molecule has 1 saturated heterocycles. The van der Waals surface area contributed by atoms with E-state index in [0.29, 0.717) is 0 Å². The maximum absolute atomic E-state index is 13.8. The normalized spacial score (nSPS) is 17.1. The third-order valence-electron chi connectivity index (χ3n) is 5.46. The summed E-state index contributed by atoms with van der Waals surface area (Å²) in [6.45, 7) is 11.8. The maximum Gasteiger partial charge on any atom is 0.219 e. The van der Waals surface area contributed by atoms with Gasteiger partial charge in [0.05, 0.1) is 13.1 Å². The summed E-state index contributed by atoms with van der Waals surface area (Å²) in [4.78, 5) is 27.3. The van der Waals surface area contributed by atoms with E-state index in [-0.39, 0.29) is 33.3 Å². The molecule has 4 heteroatoms. The van der Waals surface area contributed by atoms with E-state index in [4.69, 9.17) is 0 Å². The molecule has 1 heterocycles. The summed E-state index contributed by atoms with van der Waals surface area (Å²) < 4.78 is 0. The SMILES string of the molecule is CC(=O)N1CC[S+](C(C(=O)c2ccc(C)c3ccccc23)C(C)(C)C)CC1. The van der Waals surface area contributed by atoms with Crippen molar-refractivity contribution < 1.29 is 9.59 Å². The Labute approximate surface area is 165 Å². The zero-order chi connectivity index (χ0) is 19.8. The van der Waals surface area contributed by atoms with Gasteiger partial charge < -0.3 is 4.90 Å². The molecule has 0 N–H and O–H groups in total. The van der Waals surface area contributed by atoms with Crippen molar-refractivity contribution >= 4 is 33.4 Å². The molecule has 1 unspecified atom stereocenters. The number of ketones is 1. The van der Waals surface area contributed by atoms with Crippen LogP contribution in [0.25, 0.3) is 10.8 Å². The van der Waals surface area contributed by atoms with Gasteiger partial charge in [-0.25, -0.2) is 0 Å². The van der Waals surface area contributed by atoms with Crippen molar-refractivity contribution in [1.82, 2.24) is 4.90 Å². The van der Waals surface area contributed by atoms with E-state index in [1.807, 2.05) is 23.1 Å². The molecular weight excluding hydrogens is 354 g/mol. The summed E-state index contributed by atoms with van der Waals surface area (Å²) >= 11 is 0. The molecule has 0 bridgehead atoms. The fourth-order valence-electron chi connectivity index (χ4n) is 4.07. The smallest absolute Gasteiger partial charge is 0.219 e. The minimum atomic E-state index is -0.107. The zero-order valence-electron chi connectivity index (χ0n) is 17.0. The van der Waals surface area contributed by atoms with Gasteiger partial charge in [0.1, 0.15) is 11.5 Å². The van der Waals surface area contributed by atoms with Crippen LogP contribution < -0.4 is 0 Å². The number of carbonyl (C=O) groups is 2. The second-order valence-corrected chi connectivity index (χ2v) is 10.9. The highest BCUT2D eigenvalue weighted by Gasteiger charge is 2.47. The average Bonchev–Trinajstić information content (AvgIpc) is 2.61. The second-order valence-electron chi connectivity index (χ2n) is 8.54. The molecule has 1 amide bonds. The number of rotatable bonds is 3. The van der Waals surface area contributed by atoms with E-state index < -0.39 is 0 Å². The van der Waals surface area contributed by atoms with Gasteiger partial charge in [-0.3, -0.25) is 9.59 Å². The van der Waals surface area contributed by atoms with Crippen LogP contribution >= 0.6 is 0 Å². The summed E-state index contributed by atoms with van der Waals surface area (Å²) in [7, 11) is -0.0114. The molecule has 0 aliphatic carbocycles. The first-order valence-electron chi connectivity index (χ1n) is 9.64. The second kappa shape index (κ2) is 7.67. The highest BCUT2D eigenvalue weighted by Crippen LogP contribution is 2.34. The van der Waals surface area contributed by atoms with Crippen LogP contribution in [0.3, 0.4) is 0 Å². The lowest BCUT2D eigenvalue weighted by molar-refractivity contribution is -0.128. The molecule has 27 heavy (non-hydrogen) atoms. The number of amides is 1. The van der Waals surface area contributed by atoms with Gasteiger partial charge in [-0.05, 0) is 23.3 Å². The van der Waals surface area contributed by atoms with E-state index >= 15 is 0 Å². The summed E-state index contributed by atoms with van der Waals surface area (Å²) in [5.74, 6) is 2.26. The van der Waals surface area contributed by atoms with Crippen molar-refractivity contribution in [3.8, 4) is 0 Å². The molecule has 1 aliphatic rings. The van der Waals surface area contributed by atoms with Gasteiger partial charge in [-0.2, -0.15) is 0 Å². The Kier molecular flexibility index (Phi) is 5.66. The maximum atomic E-state index is 13.8. The molecule has 3 nitrogen and oxygen atoms in total. The number of Topliss-reactive ketones (excluding diaryl/α,β-unsaturated/α-hetero) is 1. The molecule has 2 aromatic rings. The van der Waals surface area contributed by atoms with Crippen LogP contribution in [0.5, 0.6) is 0 Å². The molecule has 3 rings (SSSR count). The lowest BCUT2D eigenvalue weighted by Crippen LogP contribution is -2.52. The van der Waals surface area contributed by atoms with Gasteiger partial charge in [0.25, 0.3) is 0 Å². The van der Waals surface area contributed by atoms with Crippen molar-refractivity contribution in [3.63, 3.8) is 0 Å². The number of hydrogen-bond acceptors (Lipinski definition) is 2. The number of hydrogen-bond donors (Lipinski definition) is 0. The minimum absolute atomic E-state index is 0.0114. The van der Waals surface area contributed by atoms with Crippen LogP contribution in [0.2, 0.25) is 0 Å². The standard InChI is InChI=1S/C23H30NO2S/c1-16-10-11-20(19-9-7-6-8-18(16)19)21(26)22(23(3,4)5)27-14-12-24(13-15-27)17(2)25/h6-11,22H,12-15H2,1-5H3/q+1.